The van der Waals surface area contributed by atoms with Crippen LogP contribution in [0.15, 0.2) is 60.7 Å². The number of nitrogens with two attached hydrogens (primary N) is 1. The van der Waals surface area contributed by atoms with Crippen molar-refractivity contribution in [3.8, 4) is 16.9 Å². The van der Waals surface area contributed by atoms with Crippen LogP contribution in [0.2, 0.25) is 10.0 Å². The highest BCUT2D eigenvalue weighted by Gasteiger charge is 2.38. The van der Waals surface area contributed by atoms with Gasteiger partial charge in [0.05, 0.1) is 11.1 Å². The number of benzene rings is 3. The molecular weight excluding hydrogens is 447 g/mol. The van der Waals surface area contributed by atoms with Crippen LogP contribution in [0.1, 0.15) is 34.8 Å². The first-order chi connectivity index (χ1) is 15.4. The molecule has 0 spiro atoms. The van der Waals surface area contributed by atoms with E-state index in [-0.39, 0.29) is 22.6 Å². The highest BCUT2D eigenvalue weighted by Crippen LogP contribution is 2.40. The Balaban J connectivity index is 1.39. The Hall–Kier alpha value is -2.86. The highest BCUT2D eigenvalue weighted by molar-refractivity contribution is 6.37. The van der Waals surface area contributed by atoms with E-state index < -0.39 is 12.1 Å². The lowest BCUT2D eigenvalue weighted by molar-refractivity contribution is -0.117. The van der Waals surface area contributed by atoms with E-state index in [1.165, 1.54) is 6.07 Å². The van der Waals surface area contributed by atoms with Crippen LogP contribution in [-0.4, -0.2) is 17.8 Å². The van der Waals surface area contributed by atoms with E-state index in [1.54, 1.807) is 12.1 Å². The molecule has 2 aliphatic rings. The summed E-state index contributed by atoms with van der Waals surface area (Å²) in [7, 11) is 0. The summed E-state index contributed by atoms with van der Waals surface area (Å²) in [6.07, 6.45) is 1.03. The van der Waals surface area contributed by atoms with Gasteiger partial charge in [0.1, 0.15) is 5.75 Å². The number of anilines is 1. The fraction of sp³-hybridized carbons (Fsp3) is 0.200. The maximum Gasteiger partial charge on any atom is 0.227 e. The van der Waals surface area contributed by atoms with Gasteiger partial charge in [-0.2, -0.15) is 0 Å². The van der Waals surface area contributed by atoms with Crippen molar-refractivity contribution in [2.24, 2.45) is 11.7 Å². The van der Waals surface area contributed by atoms with E-state index in [2.05, 4.69) is 5.32 Å². The average molecular weight is 467 g/mol. The third-order valence-electron chi connectivity index (χ3n) is 5.82. The minimum Gasteiger partial charge on any atom is -0.480 e. The van der Waals surface area contributed by atoms with E-state index in [4.69, 9.17) is 33.7 Å². The molecule has 3 aromatic carbocycles. The summed E-state index contributed by atoms with van der Waals surface area (Å²) in [5, 5.41) is 3.68. The predicted octanol–water partition coefficient (Wildman–Crippen LogP) is 5.65. The number of fused-ring (bicyclic) bond motifs is 1. The van der Waals surface area contributed by atoms with Gasteiger partial charge in [-0.15, -0.1) is 0 Å². The Morgan fingerprint density at radius 2 is 1.75 bits per heavy atom. The van der Waals surface area contributed by atoms with Gasteiger partial charge in [-0.1, -0.05) is 47.5 Å². The summed E-state index contributed by atoms with van der Waals surface area (Å²) < 4.78 is 5.98. The molecular formula is C25H20Cl2N2O3. The van der Waals surface area contributed by atoms with Crippen LogP contribution >= 0.6 is 23.2 Å². The second-order valence-electron chi connectivity index (χ2n) is 8.15. The molecule has 5 nitrogen and oxygen atoms in total. The number of Topliss-reactive ketones (excluding diaryl/α,β-unsaturated/α-hetero) is 1. The molecule has 3 aromatic rings. The van der Waals surface area contributed by atoms with Gasteiger partial charge < -0.3 is 15.8 Å². The molecule has 1 aliphatic heterocycles. The van der Waals surface area contributed by atoms with Crippen molar-refractivity contribution in [2.75, 3.05) is 5.32 Å². The van der Waals surface area contributed by atoms with Gasteiger partial charge in [0.2, 0.25) is 11.7 Å². The van der Waals surface area contributed by atoms with E-state index in [0.29, 0.717) is 16.3 Å². The molecule has 1 fully saturated rings. The SMILES string of the molecule is NC1c2ccc(-c3cccc(NC(=O)C4CC4)c3)cc2OC1C(=O)c1ccc(Cl)cc1Cl. The van der Waals surface area contributed by atoms with Gasteiger partial charge in [-0.3, -0.25) is 9.59 Å². The van der Waals surface area contributed by atoms with Crippen molar-refractivity contribution in [1.82, 2.24) is 0 Å². The van der Waals surface area contributed by atoms with Gasteiger partial charge in [0.15, 0.2) is 6.10 Å². The number of hydrogen-bond donors (Lipinski definition) is 2. The molecule has 2 unspecified atom stereocenters. The first-order valence-corrected chi connectivity index (χ1v) is 11.1. The fourth-order valence-electron chi connectivity index (χ4n) is 3.89. The molecule has 3 N–H and O–H groups in total. The number of ketones is 1. The van der Waals surface area contributed by atoms with Crippen molar-refractivity contribution in [3.63, 3.8) is 0 Å². The molecule has 0 aromatic heterocycles. The van der Waals surface area contributed by atoms with Gasteiger partial charge >= 0.3 is 0 Å². The predicted molar refractivity (Wildman–Crippen MR) is 125 cm³/mol. The Morgan fingerprint density at radius 1 is 0.969 bits per heavy atom. The third kappa shape index (κ3) is 3.99. The number of halogens is 2. The van der Waals surface area contributed by atoms with Crippen molar-refractivity contribution < 1.29 is 14.3 Å². The summed E-state index contributed by atoms with van der Waals surface area (Å²) in [5.74, 6) is 0.470. The molecule has 162 valence electrons. The van der Waals surface area contributed by atoms with E-state index >= 15 is 0 Å². The zero-order valence-corrected chi connectivity index (χ0v) is 18.5. The van der Waals surface area contributed by atoms with Gasteiger partial charge in [-0.25, -0.2) is 0 Å². The maximum atomic E-state index is 13.0. The van der Waals surface area contributed by atoms with E-state index in [1.807, 2.05) is 42.5 Å². The molecule has 0 saturated heterocycles. The molecule has 1 aliphatic carbocycles. The summed E-state index contributed by atoms with van der Waals surface area (Å²) in [4.78, 5) is 25.1. The minimum atomic E-state index is -0.872. The number of carbonyl (C=O) groups is 2. The van der Waals surface area contributed by atoms with Gasteiger partial charge in [-0.05, 0) is 60.4 Å². The van der Waals surface area contributed by atoms with Crippen LogP contribution in [0.3, 0.4) is 0 Å². The van der Waals surface area contributed by atoms with Crippen molar-refractivity contribution in [2.45, 2.75) is 25.0 Å². The zero-order valence-electron chi connectivity index (χ0n) is 17.0. The lowest BCUT2D eigenvalue weighted by Crippen LogP contribution is -2.33. The Kier molecular flexibility index (Phi) is 5.41. The van der Waals surface area contributed by atoms with Crippen LogP contribution in [-0.2, 0) is 4.79 Å². The molecule has 1 saturated carbocycles. The first-order valence-electron chi connectivity index (χ1n) is 10.4. The Morgan fingerprint density at radius 3 is 2.50 bits per heavy atom. The maximum absolute atomic E-state index is 13.0. The molecule has 7 heteroatoms. The zero-order chi connectivity index (χ0) is 22.4. The number of amides is 1. The molecule has 2 atom stereocenters. The lowest BCUT2D eigenvalue weighted by atomic mass is 9.96. The third-order valence-corrected chi connectivity index (χ3v) is 6.37. The molecule has 32 heavy (non-hydrogen) atoms. The second-order valence-corrected chi connectivity index (χ2v) is 8.99. The Bertz CT molecular complexity index is 1240. The molecule has 0 bridgehead atoms. The van der Waals surface area contributed by atoms with Crippen LogP contribution in [0.25, 0.3) is 11.1 Å². The normalized spacial score (nSPS) is 19.2. The number of rotatable bonds is 5. The molecule has 0 radical (unpaired) electrons. The average Bonchev–Trinajstić information content (AvgIpc) is 3.58. The van der Waals surface area contributed by atoms with Crippen molar-refractivity contribution in [3.05, 3.63) is 81.8 Å². The summed E-state index contributed by atoms with van der Waals surface area (Å²) in [5.41, 5.74) is 10.0. The highest BCUT2D eigenvalue weighted by atomic mass is 35.5. The van der Waals surface area contributed by atoms with Crippen molar-refractivity contribution in [1.29, 1.82) is 0 Å². The largest absolute Gasteiger partial charge is 0.480 e. The lowest BCUT2D eigenvalue weighted by Gasteiger charge is -2.15. The minimum absolute atomic E-state index is 0.0626. The van der Waals surface area contributed by atoms with Crippen molar-refractivity contribution >= 4 is 40.6 Å². The number of nitrogens with one attached hydrogen (secondary N) is 1. The smallest absolute Gasteiger partial charge is 0.227 e. The molecule has 1 heterocycles. The first kappa shape index (κ1) is 21.0. The monoisotopic (exact) mass is 466 g/mol. The van der Waals surface area contributed by atoms with Crippen LogP contribution in [0, 0.1) is 5.92 Å². The van der Waals surface area contributed by atoms with E-state index in [0.717, 1.165) is 35.2 Å². The standard InChI is InChI=1S/C25H20Cl2N2O3/c26-16-7-9-18(20(27)12-16)23(30)24-22(28)19-8-6-15(11-21(19)32-24)14-2-1-3-17(10-14)29-25(31)13-4-5-13/h1-3,6-13,22,24H,4-5,28H2,(H,29,31). The van der Waals surface area contributed by atoms with Crippen LogP contribution in [0.4, 0.5) is 5.69 Å². The Labute approximate surface area is 195 Å². The number of ether oxygens (including phenoxy) is 1. The van der Waals surface area contributed by atoms with Crippen LogP contribution < -0.4 is 15.8 Å². The summed E-state index contributed by atoms with van der Waals surface area (Å²) in [6.45, 7) is 0. The van der Waals surface area contributed by atoms with Gasteiger partial charge in [0.25, 0.3) is 0 Å². The quantitative estimate of drug-likeness (QED) is 0.475. The topological polar surface area (TPSA) is 81.4 Å². The number of carbonyl (C=O) groups excluding carboxylic acids is 2. The summed E-state index contributed by atoms with van der Waals surface area (Å²) >= 11 is 12.2. The number of hydrogen-bond acceptors (Lipinski definition) is 4. The molecule has 1 amide bonds. The van der Waals surface area contributed by atoms with E-state index in [9.17, 15) is 9.59 Å². The fourth-order valence-corrected chi connectivity index (χ4v) is 4.39. The second kappa shape index (κ2) is 8.24. The summed E-state index contributed by atoms with van der Waals surface area (Å²) in [6, 6.07) is 17.4. The van der Waals surface area contributed by atoms with Gasteiger partial charge in [0, 0.05) is 27.8 Å². The van der Waals surface area contributed by atoms with Crippen LogP contribution in [0.5, 0.6) is 5.75 Å². The molecule has 5 rings (SSSR count).